The molecule has 0 spiro atoms. The van der Waals surface area contributed by atoms with Crippen LogP contribution in [0.2, 0.25) is 5.02 Å². The molecule has 6 nitrogen and oxygen atoms in total. The Labute approximate surface area is 298 Å². The summed E-state index contributed by atoms with van der Waals surface area (Å²) in [5.74, 6) is -1.05. The zero-order valence-electron chi connectivity index (χ0n) is 31.1. The van der Waals surface area contributed by atoms with Gasteiger partial charge in [-0.2, -0.15) is 0 Å². The minimum absolute atomic E-state index is 0.0278. The summed E-state index contributed by atoms with van der Waals surface area (Å²) in [6, 6.07) is 7.10. The third-order valence-corrected chi connectivity index (χ3v) is 15.3. The second-order valence-corrected chi connectivity index (χ2v) is 19.1. The number of rotatable bonds is 5. The van der Waals surface area contributed by atoms with Gasteiger partial charge >= 0.3 is 17.9 Å². The van der Waals surface area contributed by atoms with E-state index in [4.69, 9.17) is 21.1 Å². The Balaban J connectivity index is 1.34. The third-order valence-electron chi connectivity index (χ3n) is 15.0. The van der Waals surface area contributed by atoms with Crippen LogP contribution in [0.25, 0.3) is 0 Å². The van der Waals surface area contributed by atoms with E-state index in [9.17, 15) is 19.5 Å². The number of fused-ring (bicyclic) bond motifs is 7. The van der Waals surface area contributed by atoms with Gasteiger partial charge in [-0.15, -0.1) is 0 Å². The molecule has 9 atom stereocenters. The summed E-state index contributed by atoms with van der Waals surface area (Å²) in [5.41, 5.74) is 0.836. The van der Waals surface area contributed by atoms with Crippen molar-refractivity contribution in [3.05, 3.63) is 58.1 Å². The molecule has 4 saturated carbocycles. The number of esters is 2. The summed E-state index contributed by atoms with van der Waals surface area (Å²) in [7, 11) is 0. The highest BCUT2D eigenvalue weighted by molar-refractivity contribution is 6.33. The SMILES string of the molecule is CC(C)=CC(=O)O[C@@H]1CC(C)(C)C[C@H]2C3=CC[C@@H]4[C@@]5(C)CC[C@H](OC(=O)c6ccccc6Cl)C(C)(C)[C@@H]5CC[C@@]4(C)[C@]3(C)CC[C@@]12C(=O)O. The number of carboxylic acid groups (broad SMARTS) is 1. The number of ether oxygens (including phenoxy) is 2. The first kappa shape index (κ1) is 36.2. The van der Waals surface area contributed by atoms with Gasteiger partial charge in [0.15, 0.2) is 0 Å². The van der Waals surface area contributed by atoms with Crippen molar-refractivity contribution in [3.63, 3.8) is 0 Å². The van der Waals surface area contributed by atoms with Gasteiger partial charge < -0.3 is 14.6 Å². The van der Waals surface area contributed by atoms with Gasteiger partial charge in [0.25, 0.3) is 0 Å². The number of benzene rings is 1. The summed E-state index contributed by atoms with van der Waals surface area (Å²) in [6.45, 7) is 20.1. The lowest BCUT2D eigenvalue weighted by Crippen LogP contribution is -2.67. The summed E-state index contributed by atoms with van der Waals surface area (Å²) in [5, 5.41) is 11.5. The minimum Gasteiger partial charge on any atom is -0.481 e. The molecule has 5 aliphatic carbocycles. The zero-order valence-corrected chi connectivity index (χ0v) is 31.8. The molecule has 268 valence electrons. The Morgan fingerprint density at radius 3 is 2.20 bits per heavy atom. The number of carbonyl (C=O) groups is 3. The Morgan fingerprint density at radius 2 is 1.55 bits per heavy atom. The molecular formula is C42H57ClO6. The molecule has 0 amide bonds. The first-order chi connectivity index (χ1) is 22.7. The highest BCUT2D eigenvalue weighted by Gasteiger charge is 2.71. The van der Waals surface area contributed by atoms with Crippen LogP contribution in [0.5, 0.6) is 0 Å². The average molecular weight is 693 g/mol. The molecule has 0 saturated heterocycles. The number of carboxylic acids is 1. The number of aliphatic carboxylic acids is 1. The molecule has 1 N–H and O–H groups in total. The Kier molecular flexibility index (Phi) is 8.86. The summed E-state index contributed by atoms with van der Waals surface area (Å²) >= 11 is 6.37. The quantitative estimate of drug-likeness (QED) is 0.188. The van der Waals surface area contributed by atoms with Crippen LogP contribution in [0, 0.1) is 50.2 Å². The van der Waals surface area contributed by atoms with Crippen LogP contribution in [0.1, 0.15) is 130 Å². The van der Waals surface area contributed by atoms with Crippen LogP contribution in [0.15, 0.2) is 47.6 Å². The van der Waals surface area contributed by atoms with Crippen molar-refractivity contribution >= 4 is 29.5 Å². The fraction of sp³-hybridized carbons (Fsp3) is 0.690. The third kappa shape index (κ3) is 5.44. The predicted octanol–water partition coefficient (Wildman–Crippen LogP) is 10.2. The normalized spacial score (nSPS) is 40.2. The fourth-order valence-electron chi connectivity index (χ4n) is 12.4. The van der Waals surface area contributed by atoms with Gasteiger partial charge in [-0.3, -0.25) is 4.79 Å². The highest BCUT2D eigenvalue weighted by atomic mass is 35.5. The number of hydrogen-bond donors (Lipinski definition) is 1. The number of hydrogen-bond acceptors (Lipinski definition) is 5. The van der Waals surface area contributed by atoms with E-state index < -0.39 is 23.5 Å². The van der Waals surface area contributed by atoms with E-state index >= 15 is 0 Å². The van der Waals surface area contributed by atoms with Crippen LogP contribution in [0.3, 0.4) is 0 Å². The largest absolute Gasteiger partial charge is 0.481 e. The van der Waals surface area contributed by atoms with Crippen LogP contribution in [-0.2, 0) is 19.1 Å². The lowest BCUT2D eigenvalue weighted by atomic mass is 9.33. The molecule has 49 heavy (non-hydrogen) atoms. The number of halogens is 1. The maximum absolute atomic E-state index is 13.5. The maximum Gasteiger partial charge on any atom is 0.339 e. The van der Waals surface area contributed by atoms with Crippen molar-refractivity contribution in [2.24, 2.45) is 50.2 Å². The van der Waals surface area contributed by atoms with Crippen LogP contribution in [-0.4, -0.2) is 35.2 Å². The van der Waals surface area contributed by atoms with Gasteiger partial charge in [-0.1, -0.05) is 89.4 Å². The number of allylic oxidation sites excluding steroid dienone is 3. The fourth-order valence-corrected chi connectivity index (χ4v) is 12.6. The van der Waals surface area contributed by atoms with Gasteiger partial charge in [0.05, 0.1) is 10.6 Å². The van der Waals surface area contributed by atoms with E-state index in [-0.39, 0.29) is 45.1 Å². The number of carbonyl (C=O) groups excluding carboxylic acids is 2. The van der Waals surface area contributed by atoms with Gasteiger partial charge in [0.2, 0.25) is 0 Å². The second kappa shape index (κ2) is 12.0. The van der Waals surface area contributed by atoms with Crippen LogP contribution >= 0.6 is 11.6 Å². The van der Waals surface area contributed by atoms with E-state index in [0.717, 1.165) is 50.5 Å². The first-order valence-electron chi connectivity index (χ1n) is 18.5. The monoisotopic (exact) mass is 692 g/mol. The van der Waals surface area contributed by atoms with Crippen molar-refractivity contribution in [2.45, 2.75) is 132 Å². The Hall–Kier alpha value is -2.60. The molecule has 0 radical (unpaired) electrons. The topological polar surface area (TPSA) is 89.9 Å². The molecule has 1 aromatic carbocycles. The Morgan fingerprint density at radius 1 is 0.857 bits per heavy atom. The molecule has 0 bridgehead atoms. The van der Waals surface area contributed by atoms with Gasteiger partial charge in [0.1, 0.15) is 17.6 Å². The van der Waals surface area contributed by atoms with Crippen LogP contribution < -0.4 is 0 Å². The Bertz CT molecular complexity index is 1600. The van der Waals surface area contributed by atoms with Crippen molar-refractivity contribution in [2.75, 3.05) is 0 Å². The molecular weight excluding hydrogens is 636 g/mol. The first-order valence-corrected chi connectivity index (χ1v) is 18.9. The average Bonchev–Trinajstić information content (AvgIpc) is 2.98. The highest BCUT2D eigenvalue weighted by Crippen LogP contribution is 2.76. The van der Waals surface area contributed by atoms with E-state index in [1.54, 1.807) is 12.1 Å². The van der Waals surface area contributed by atoms with E-state index in [1.165, 1.54) is 11.6 Å². The molecule has 1 aromatic rings. The van der Waals surface area contributed by atoms with Crippen molar-refractivity contribution in [1.29, 1.82) is 0 Å². The van der Waals surface area contributed by atoms with Gasteiger partial charge in [-0.05, 0) is 117 Å². The molecule has 4 fully saturated rings. The van der Waals surface area contributed by atoms with Crippen LogP contribution in [0.4, 0.5) is 0 Å². The maximum atomic E-state index is 13.5. The minimum atomic E-state index is -1.14. The lowest BCUT2D eigenvalue weighted by molar-refractivity contribution is -0.215. The van der Waals surface area contributed by atoms with Crippen molar-refractivity contribution < 1.29 is 29.0 Å². The molecule has 0 aliphatic heterocycles. The smallest absolute Gasteiger partial charge is 0.339 e. The molecule has 7 heteroatoms. The standard InChI is InChI=1S/C42H57ClO6/c1-25(2)22-34(44)48-33-24-37(3,4)23-28-27-14-15-31-39(7)18-17-32(49-35(45)26-12-10-11-13-29(26)43)38(5,6)30(39)16-19-41(31,9)40(27,8)20-21-42(28,33)36(46)47/h10-14,22,28,30-33H,15-21,23-24H2,1-9H3,(H,46,47)/t28-,30-,31+,32-,33+,39-,40+,41+,42-/m0/s1. The zero-order chi connectivity index (χ0) is 35.9. The lowest BCUT2D eigenvalue weighted by Gasteiger charge is -2.71. The van der Waals surface area contributed by atoms with E-state index in [2.05, 4.69) is 54.5 Å². The molecule has 6 rings (SSSR count). The van der Waals surface area contributed by atoms with E-state index in [0.29, 0.717) is 35.3 Å². The summed E-state index contributed by atoms with van der Waals surface area (Å²) in [6.07, 6.45) is 10.3. The second-order valence-electron chi connectivity index (χ2n) is 18.6. The predicted molar refractivity (Wildman–Crippen MR) is 192 cm³/mol. The molecule has 0 aromatic heterocycles. The van der Waals surface area contributed by atoms with Crippen molar-refractivity contribution in [1.82, 2.24) is 0 Å². The summed E-state index contributed by atoms with van der Waals surface area (Å²) in [4.78, 5) is 39.9. The molecule has 0 heterocycles. The molecule has 5 aliphatic rings. The molecule has 0 unspecified atom stereocenters. The van der Waals surface area contributed by atoms with Gasteiger partial charge in [0, 0.05) is 17.4 Å². The van der Waals surface area contributed by atoms with E-state index in [1.807, 2.05) is 26.0 Å². The summed E-state index contributed by atoms with van der Waals surface area (Å²) < 4.78 is 12.4. The van der Waals surface area contributed by atoms with Crippen molar-refractivity contribution in [3.8, 4) is 0 Å². The van der Waals surface area contributed by atoms with Gasteiger partial charge in [-0.25, -0.2) is 9.59 Å².